The fourth-order valence-electron chi connectivity index (χ4n) is 4.46. The van der Waals surface area contributed by atoms with Gasteiger partial charge in [-0.05, 0) is 38.0 Å². The molecule has 1 atom stereocenters. The van der Waals surface area contributed by atoms with E-state index < -0.39 is 0 Å². The van der Waals surface area contributed by atoms with Gasteiger partial charge in [-0.15, -0.1) is 0 Å². The highest BCUT2D eigenvalue weighted by atomic mass is 16.2. The quantitative estimate of drug-likeness (QED) is 0.484. The molecule has 4 heterocycles. The second-order valence-electron chi connectivity index (χ2n) is 7.81. The number of nitrogens with zero attached hydrogens (tertiary/aromatic N) is 5. The Balaban J connectivity index is 1.65. The number of para-hydroxylation sites is 1. The topological polar surface area (TPSA) is 63.9 Å². The molecule has 0 N–H and O–H groups in total. The lowest BCUT2D eigenvalue weighted by Gasteiger charge is -2.33. The first-order chi connectivity index (χ1) is 14.7. The zero-order valence-electron chi connectivity index (χ0n) is 17.0. The predicted octanol–water partition coefficient (Wildman–Crippen LogP) is 4.30. The number of hydrogen-bond acceptors (Lipinski definition) is 4. The maximum Gasteiger partial charge on any atom is 0.246 e. The van der Waals surface area contributed by atoms with Crippen molar-refractivity contribution in [1.82, 2.24) is 24.4 Å². The Bertz CT molecular complexity index is 1280. The van der Waals surface area contributed by atoms with Gasteiger partial charge in [0.15, 0.2) is 0 Å². The normalized spacial score (nSPS) is 16.8. The molecule has 6 heteroatoms. The zero-order chi connectivity index (χ0) is 20.7. The van der Waals surface area contributed by atoms with Gasteiger partial charge in [0.05, 0.1) is 17.3 Å². The minimum absolute atomic E-state index is 0.0130. The molecular formula is C24H23N5O. The van der Waals surface area contributed by atoms with Crippen LogP contribution in [0.15, 0.2) is 61.7 Å². The largest absolute Gasteiger partial charge is 0.337 e. The van der Waals surface area contributed by atoms with E-state index >= 15 is 0 Å². The molecule has 0 saturated carbocycles. The van der Waals surface area contributed by atoms with Crippen LogP contribution in [0, 0.1) is 6.92 Å². The number of benzene rings is 1. The number of carbonyl (C=O) groups is 1. The summed E-state index contributed by atoms with van der Waals surface area (Å²) >= 11 is 0. The van der Waals surface area contributed by atoms with Crippen molar-refractivity contribution in [2.24, 2.45) is 0 Å². The van der Waals surface area contributed by atoms with Crippen LogP contribution < -0.4 is 0 Å². The average Bonchev–Trinajstić information content (AvgIpc) is 3.19. The maximum absolute atomic E-state index is 12.2. The van der Waals surface area contributed by atoms with Gasteiger partial charge in [0.2, 0.25) is 5.91 Å². The highest BCUT2D eigenvalue weighted by molar-refractivity contribution is 5.97. The summed E-state index contributed by atoms with van der Waals surface area (Å²) in [6, 6.07) is 10.5. The molecule has 3 aromatic heterocycles. The highest BCUT2D eigenvalue weighted by Crippen LogP contribution is 2.35. The van der Waals surface area contributed by atoms with Crippen molar-refractivity contribution >= 4 is 27.8 Å². The molecule has 1 saturated heterocycles. The van der Waals surface area contributed by atoms with E-state index in [1.54, 1.807) is 6.33 Å². The number of aromatic nitrogens is 4. The van der Waals surface area contributed by atoms with Crippen LogP contribution in [-0.4, -0.2) is 43.4 Å². The first-order valence-corrected chi connectivity index (χ1v) is 10.2. The number of aryl methyl sites for hydroxylation is 1. The molecule has 0 aliphatic carbocycles. The van der Waals surface area contributed by atoms with Crippen molar-refractivity contribution in [1.29, 1.82) is 0 Å². The molecule has 0 unspecified atom stereocenters. The predicted molar refractivity (Wildman–Crippen MR) is 118 cm³/mol. The average molecular weight is 397 g/mol. The Hall–Kier alpha value is -3.54. The Kier molecular flexibility index (Phi) is 4.54. The van der Waals surface area contributed by atoms with E-state index in [-0.39, 0.29) is 11.9 Å². The van der Waals surface area contributed by atoms with E-state index in [1.165, 1.54) is 6.08 Å². The van der Waals surface area contributed by atoms with Crippen LogP contribution in [0.5, 0.6) is 0 Å². The van der Waals surface area contributed by atoms with Gasteiger partial charge in [-0.1, -0.05) is 24.8 Å². The minimum Gasteiger partial charge on any atom is -0.337 e. The molecule has 1 fully saturated rings. The molecular weight excluding hydrogens is 374 g/mol. The van der Waals surface area contributed by atoms with Gasteiger partial charge in [-0.3, -0.25) is 9.78 Å². The van der Waals surface area contributed by atoms with Gasteiger partial charge < -0.3 is 9.47 Å². The van der Waals surface area contributed by atoms with E-state index in [4.69, 9.17) is 0 Å². The maximum atomic E-state index is 12.2. The SMILES string of the molecule is C=CC(=O)N1CCC[C@H](n2cc(-c3cnc4ccccc4c3)c3c(C)ncnc32)C1. The number of fused-ring (bicyclic) bond motifs is 2. The third kappa shape index (κ3) is 3.05. The highest BCUT2D eigenvalue weighted by Gasteiger charge is 2.26. The minimum atomic E-state index is -0.0130. The van der Waals surface area contributed by atoms with E-state index in [9.17, 15) is 4.79 Å². The van der Waals surface area contributed by atoms with Gasteiger partial charge in [-0.2, -0.15) is 0 Å². The lowest BCUT2D eigenvalue weighted by atomic mass is 10.0. The van der Waals surface area contributed by atoms with Crippen LogP contribution in [0.3, 0.4) is 0 Å². The summed E-state index contributed by atoms with van der Waals surface area (Å²) in [7, 11) is 0. The molecule has 1 aromatic carbocycles. The van der Waals surface area contributed by atoms with Crippen molar-refractivity contribution in [2.45, 2.75) is 25.8 Å². The van der Waals surface area contributed by atoms with E-state index in [0.717, 1.165) is 58.1 Å². The second kappa shape index (κ2) is 7.37. The van der Waals surface area contributed by atoms with Crippen molar-refractivity contribution in [2.75, 3.05) is 13.1 Å². The molecule has 5 rings (SSSR count). The zero-order valence-corrected chi connectivity index (χ0v) is 17.0. The van der Waals surface area contributed by atoms with Gasteiger partial charge in [0.1, 0.15) is 12.0 Å². The van der Waals surface area contributed by atoms with Crippen molar-refractivity contribution in [3.05, 3.63) is 67.4 Å². The van der Waals surface area contributed by atoms with Gasteiger partial charge in [0.25, 0.3) is 0 Å². The lowest BCUT2D eigenvalue weighted by Crippen LogP contribution is -2.39. The third-order valence-corrected chi connectivity index (χ3v) is 5.98. The first-order valence-electron chi connectivity index (χ1n) is 10.2. The van der Waals surface area contributed by atoms with Gasteiger partial charge in [0, 0.05) is 47.4 Å². The Morgan fingerprint density at radius 2 is 2.10 bits per heavy atom. The van der Waals surface area contributed by atoms with Crippen LogP contribution in [0.1, 0.15) is 24.6 Å². The molecule has 4 aromatic rings. The molecule has 1 amide bonds. The van der Waals surface area contributed by atoms with Crippen LogP contribution in [0.25, 0.3) is 33.1 Å². The third-order valence-electron chi connectivity index (χ3n) is 5.98. The Morgan fingerprint density at radius 1 is 1.23 bits per heavy atom. The number of pyridine rings is 1. The molecule has 150 valence electrons. The van der Waals surface area contributed by atoms with Crippen LogP contribution in [0.2, 0.25) is 0 Å². The Morgan fingerprint density at radius 3 is 2.97 bits per heavy atom. The fraction of sp³-hybridized carbons (Fsp3) is 0.250. The number of likely N-dealkylation sites (tertiary alicyclic amines) is 1. The first kappa shape index (κ1) is 18.5. The fourth-order valence-corrected chi connectivity index (χ4v) is 4.46. The molecule has 30 heavy (non-hydrogen) atoms. The van der Waals surface area contributed by atoms with Gasteiger partial charge in [-0.25, -0.2) is 9.97 Å². The number of rotatable bonds is 3. The summed E-state index contributed by atoms with van der Waals surface area (Å²) in [6.45, 7) is 7.09. The molecule has 6 nitrogen and oxygen atoms in total. The van der Waals surface area contributed by atoms with E-state index in [1.807, 2.05) is 36.2 Å². The molecule has 0 spiro atoms. The summed E-state index contributed by atoms with van der Waals surface area (Å²) < 4.78 is 2.22. The smallest absolute Gasteiger partial charge is 0.246 e. The van der Waals surface area contributed by atoms with Crippen LogP contribution in [0.4, 0.5) is 0 Å². The Labute approximate surface area is 174 Å². The number of amides is 1. The number of carbonyl (C=O) groups excluding carboxylic acids is 1. The summed E-state index contributed by atoms with van der Waals surface area (Å²) in [5.74, 6) is -0.0130. The molecule has 1 aliphatic rings. The summed E-state index contributed by atoms with van der Waals surface area (Å²) in [5, 5.41) is 2.15. The molecule has 0 bridgehead atoms. The summed E-state index contributed by atoms with van der Waals surface area (Å²) in [6.07, 6.45) is 9.05. The summed E-state index contributed by atoms with van der Waals surface area (Å²) in [4.78, 5) is 27.8. The van der Waals surface area contributed by atoms with E-state index in [2.05, 4.69) is 44.4 Å². The van der Waals surface area contributed by atoms with Crippen molar-refractivity contribution < 1.29 is 4.79 Å². The molecule has 1 aliphatic heterocycles. The molecule has 0 radical (unpaired) electrons. The standard InChI is InChI=1S/C24H23N5O/c1-3-22(30)28-10-6-8-19(13-28)29-14-20(23-16(2)26-15-27-24(23)29)18-11-17-7-4-5-9-21(17)25-12-18/h3-5,7,9,11-12,14-15,19H,1,6,8,10,13H2,2H3/t19-/m0/s1. The van der Waals surface area contributed by atoms with Crippen LogP contribution in [-0.2, 0) is 4.79 Å². The second-order valence-corrected chi connectivity index (χ2v) is 7.81. The number of hydrogen-bond donors (Lipinski definition) is 0. The van der Waals surface area contributed by atoms with E-state index in [0.29, 0.717) is 6.54 Å². The number of piperidine rings is 1. The van der Waals surface area contributed by atoms with Crippen LogP contribution >= 0.6 is 0 Å². The van der Waals surface area contributed by atoms with Crippen molar-refractivity contribution in [3.63, 3.8) is 0 Å². The van der Waals surface area contributed by atoms with Crippen molar-refractivity contribution in [3.8, 4) is 11.1 Å². The summed E-state index contributed by atoms with van der Waals surface area (Å²) in [5.41, 5.74) is 4.95. The van der Waals surface area contributed by atoms with Gasteiger partial charge >= 0.3 is 0 Å². The lowest BCUT2D eigenvalue weighted by molar-refractivity contribution is -0.127. The monoisotopic (exact) mass is 397 g/mol.